The zero-order valence-corrected chi connectivity index (χ0v) is 10.6. The molecular weight excluding hydrogens is 287 g/mol. The SMILES string of the molecule is Cl.Oc1ccc(OC(F)(F)F)cc1[C@H]1COCCN1. The summed E-state index contributed by atoms with van der Waals surface area (Å²) >= 11 is 0. The number of aromatic hydroxyl groups is 1. The van der Waals surface area contributed by atoms with Crippen molar-refractivity contribution in [3.63, 3.8) is 0 Å². The van der Waals surface area contributed by atoms with E-state index in [4.69, 9.17) is 4.74 Å². The Labute approximate surface area is 113 Å². The minimum absolute atomic E-state index is 0. The highest BCUT2D eigenvalue weighted by Crippen LogP contribution is 2.32. The summed E-state index contributed by atoms with van der Waals surface area (Å²) in [5.74, 6) is -0.449. The second-order valence-corrected chi connectivity index (χ2v) is 3.85. The van der Waals surface area contributed by atoms with Gasteiger partial charge in [0.05, 0.1) is 19.3 Å². The van der Waals surface area contributed by atoms with Gasteiger partial charge < -0.3 is 19.9 Å². The second-order valence-electron chi connectivity index (χ2n) is 3.85. The van der Waals surface area contributed by atoms with Crippen molar-refractivity contribution in [2.45, 2.75) is 12.4 Å². The number of halogens is 4. The average Bonchev–Trinajstić information content (AvgIpc) is 2.31. The Kier molecular flexibility index (Phi) is 5.28. The maximum absolute atomic E-state index is 12.1. The number of ether oxygens (including phenoxy) is 2. The van der Waals surface area contributed by atoms with E-state index in [0.29, 0.717) is 25.3 Å². The molecule has 1 saturated heterocycles. The van der Waals surface area contributed by atoms with E-state index < -0.39 is 6.36 Å². The Hall–Kier alpha value is -1.18. The zero-order chi connectivity index (χ0) is 13.2. The highest BCUT2D eigenvalue weighted by molar-refractivity contribution is 5.85. The Morgan fingerprint density at radius 1 is 1.37 bits per heavy atom. The van der Waals surface area contributed by atoms with E-state index in [1.54, 1.807) is 0 Å². The lowest BCUT2D eigenvalue weighted by atomic mass is 10.1. The summed E-state index contributed by atoms with van der Waals surface area (Å²) in [5.41, 5.74) is 0.330. The van der Waals surface area contributed by atoms with Crippen LogP contribution in [0.15, 0.2) is 18.2 Å². The summed E-state index contributed by atoms with van der Waals surface area (Å²) in [6, 6.07) is 3.06. The van der Waals surface area contributed by atoms with Crippen LogP contribution in [0.25, 0.3) is 0 Å². The van der Waals surface area contributed by atoms with E-state index in [1.165, 1.54) is 6.07 Å². The fourth-order valence-corrected chi connectivity index (χ4v) is 1.77. The first kappa shape index (κ1) is 15.9. The highest BCUT2D eigenvalue weighted by Gasteiger charge is 2.31. The Balaban J connectivity index is 0.00000180. The van der Waals surface area contributed by atoms with Gasteiger partial charge in [0, 0.05) is 12.1 Å². The van der Waals surface area contributed by atoms with Crippen molar-refractivity contribution in [1.29, 1.82) is 0 Å². The quantitative estimate of drug-likeness (QED) is 0.880. The monoisotopic (exact) mass is 299 g/mol. The largest absolute Gasteiger partial charge is 0.573 e. The van der Waals surface area contributed by atoms with Gasteiger partial charge in [0.1, 0.15) is 11.5 Å². The summed E-state index contributed by atoms with van der Waals surface area (Å²) in [6.45, 7) is 1.41. The van der Waals surface area contributed by atoms with Gasteiger partial charge in [-0.1, -0.05) is 0 Å². The lowest BCUT2D eigenvalue weighted by Gasteiger charge is -2.25. The van der Waals surface area contributed by atoms with Crippen molar-refractivity contribution in [1.82, 2.24) is 5.32 Å². The molecule has 19 heavy (non-hydrogen) atoms. The maximum Gasteiger partial charge on any atom is 0.573 e. The molecule has 1 aliphatic heterocycles. The van der Waals surface area contributed by atoms with E-state index in [9.17, 15) is 18.3 Å². The number of alkyl halides is 3. The summed E-state index contributed by atoms with van der Waals surface area (Å²) in [5, 5.41) is 12.7. The van der Waals surface area contributed by atoms with E-state index in [1.807, 2.05) is 0 Å². The van der Waals surface area contributed by atoms with Gasteiger partial charge >= 0.3 is 6.36 Å². The molecule has 0 spiro atoms. The molecule has 1 aliphatic rings. The molecule has 8 heteroatoms. The van der Waals surface area contributed by atoms with Crippen LogP contribution in [0, 0.1) is 0 Å². The van der Waals surface area contributed by atoms with Crippen molar-refractivity contribution in [3.05, 3.63) is 23.8 Å². The smallest absolute Gasteiger partial charge is 0.508 e. The van der Waals surface area contributed by atoms with Gasteiger partial charge in [-0.05, 0) is 18.2 Å². The van der Waals surface area contributed by atoms with Crippen LogP contribution in [-0.4, -0.2) is 31.2 Å². The van der Waals surface area contributed by atoms with Crippen molar-refractivity contribution in [3.8, 4) is 11.5 Å². The summed E-state index contributed by atoms with van der Waals surface area (Å²) in [6.07, 6.45) is -4.75. The molecule has 1 aromatic carbocycles. The molecule has 1 fully saturated rings. The van der Waals surface area contributed by atoms with Crippen LogP contribution < -0.4 is 10.1 Å². The number of morpholine rings is 1. The molecule has 2 rings (SSSR count). The third-order valence-corrected chi connectivity index (χ3v) is 2.53. The molecule has 108 valence electrons. The fraction of sp³-hybridized carbons (Fsp3) is 0.455. The van der Waals surface area contributed by atoms with Crippen LogP contribution in [-0.2, 0) is 4.74 Å². The second kappa shape index (κ2) is 6.31. The summed E-state index contributed by atoms with van der Waals surface area (Å²) < 4.78 is 45.3. The molecule has 0 bridgehead atoms. The van der Waals surface area contributed by atoms with Crippen LogP contribution in [0.2, 0.25) is 0 Å². The Bertz CT molecular complexity index is 422. The van der Waals surface area contributed by atoms with Gasteiger partial charge in [0.25, 0.3) is 0 Å². The predicted octanol–water partition coefficient (Wildman–Crippen LogP) is 2.37. The van der Waals surface area contributed by atoms with Crippen LogP contribution in [0.1, 0.15) is 11.6 Å². The highest BCUT2D eigenvalue weighted by atomic mass is 35.5. The summed E-state index contributed by atoms with van der Waals surface area (Å²) in [7, 11) is 0. The molecule has 1 atom stereocenters. The lowest BCUT2D eigenvalue weighted by Crippen LogP contribution is -2.34. The van der Waals surface area contributed by atoms with Crippen molar-refractivity contribution in [2.24, 2.45) is 0 Å². The van der Waals surface area contributed by atoms with Gasteiger partial charge in [0.15, 0.2) is 0 Å². The van der Waals surface area contributed by atoms with Gasteiger partial charge in [-0.2, -0.15) is 0 Å². The zero-order valence-electron chi connectivity index (χ0n) is 9.74. The molecule has 4 nitrogen and oxygen atoms in total. The molecule has 0 amide bonds. The minimum Gasteiger partial charge on any atom is -0.508 e. The van der Waals surface area contributed by atoms with E-state index in [0.717, 1.165) is 12.1 Å². The van der Waals surface area contributed by atoms with Crippen LogP contribution in [0.5, 0.6) is 11.5 Å². The first-order valence-electron chi connectivity index (χ1n) is 5.35. The molecule has 0 aromatic heterocycles. The van der Waals surface area contributed by atoms with Gasteiger partial charge in [0.2, 0.25) is 0 Å². The number of hydrogen-bond donors (Lipinski definition) is 2. The van der Waals surface area contributed by atoms with E-state index in [-0.39, 0.29) is 29.9 Å². The van der Waals surface area contributed by atoms with E-state index in [2.05, 4.69) is 10.1 Å². The molecule has 0 unspecified atom stereocenters. The number of rotatable bonds is 2. The molecule has 1 heterocycles. The third kappa shape index (κ3) is 4.45. The van der Waals surface area contributed by atoms with Gasteiger partial charge in [-0.3, -0.25) is 0 Å². The van der Waals surface area contributed by atoms with Crippen molar-refractivity contribution in [2.75, 3.05) is 19.8 Å². The Morgan fingerprint density at radius 3 is 2.68 bits per heavy atom. The molecule has 0 saturated carbocycles. The molecule has 1 aromatic rings. The van der Waals surface area contributed by atoms with Crippen molar-refractivity contribution < 1.29 is 27.8 Å². The summed E-state index contributed by atoms with van der Waals surface area (Å²) in [4.78, 5) is 0. The van der Waals surface area contributed by atoms with E-state index >= 15 is 0 Å². The van der Waals surface area contributed by atoms with Gasteiger partial charge in [-0.25, -0.2) is 0 Å². The lowest BCUT2D eigenvalue weighted by molar-refractivity contribution is -0.274. The topological polar surface area (TPSA) is 50.7 Å². The first-order valence-corrected chi connectivity index (χ1v) is 5.35. The minimum atomic E-state index is -4.75. The number of phenols is 1. The number of benzene rings is 1. The van der Waals surface area contributed by atoms with Gasteiger partial charge in [-0.15, -0.1) is 25.6 Å². The van der Waals surface area contributed by atoms with Crippen LogP contribution in [0.4, 0.5) is 13.2 Å². The van der Waals surface area contributed by atoms with Crippen molar-refractivity contribution >= 4 is 12.4 Å². The third-order valence-electron chi connectivity index (χ3n) is 2.53. The first-order chi connectivity index (χ1) is 8.46. The molecular formula is C11H13ClF3NO3. The molecule has 2 N–H and O–H groups in total. The van der Waals surface area contributed by atoms with Crippen LogP contribution in [0.3, 0.4) is 0 Å². The standard InChI is InChI=1S/C11H12F3NO3.ClH/c12-11(13,14)18-7-1-2-10(16)8(5-7)9-6-17-4-3-15-9;/h1-2,5,9,15-16H,3-4,6H2;1H/t9-;/m1./s1. The molecule has 0 radical (unpaired) electrons. The fourth-order valence-electron chi connectivity index (χ4n) is 1.77. The number of nitrogens with one attached hydrogen (secondary N) is 1. The Morgan fingerprint density at radius 2 is 2.11 bits per heavy atom. The number of hydrogen-bond acceptors (Lipinski definition) is 4. The molecule has 0 aliphatic carbocycles. The maximum atomic E-state index is 12.1. The van der Waals surface area contributed by atoms with Crippen LogP contribution >= 0.6 is 12.4 Å². The number of phenolic OH excluding ortho intramolecular Hbond substituents is 1. The average molecular weight is 300 g/mol. The normalized spacial score (nSPS) is 19.6. The predicted molar refractivity (Wildman–Crippen MR) is 63.6 cm³/mol.